The molecule has 2 heteroatoms. The van der Waals surface area contributed by atoms with Crippen LogP contribution in [0.3, 0.4) is 0 Å². The van der Waals surface area contributed by atoms with Gasteiger partial charge in [-0.25, -0.2) is 0 Å². The van der Waals surface area contributed by atoms with E-state index < -0.39 is 0 Å². The fourth-order valence-corrected chi connectivity index (χ4v) is 3.59. The maximum atomic E-state index is 6.17. The van der Waals surface area contributed by atoms with E-state index in [1.807, 2.05) is 36.4 Å². The first-order chi connectivity index (χ1) is 15.5. The van der Waals surface area contributed by atoms with Gasteiger partial charge >= 0.3 is 0 Å². The van der Waals surface area contributed by atoms with Crippen LogP contribution in [0.2, 0.25) is 0 Å². The predicted octanol–water partition coefficient (Wildman–Crippen LogP) is 6.48. The highest BCUT2D eigenvalue weighted by Gasteiger charge is 2.06. The summed E-state index contributed by atoms with van der Waals surface area (Å²) in [5.41, 5.74) is 19.9. The van der Waals surface area contributed by atoms with Crippen LogP contribution in [-0.2, 0) is 12.8 Å². The Morgan fingerprint density at radius 3 is 1.09 bits per heavy atom. The van der Waals surface area contributed by atoms with Gasteiger partial charge in [-0.15, -0.1) is 0 Å². The molecule has 4 aromatic carbocycles. The van der Waals surface area contributed by atoms with E-state index in [4.69, 9.17) is 11.5 Å². The minimum absolute atomic E-state index is 0.0870. The summed E-state index contributed by atoms with van der Waals surface area (Å²) in [6, 6.07) is 37.8. The Balaban J connectivity index is 0.000000181. The zero-order chi connectivity index (χ0) is 22.8. The molecule has 0 amide bonds. The lowest BCUT2D eigenvalue weighted by Crippen LogP contribution is -2.13. The number of rotatable bonds is 6. The van der Waals surface area contributed by atoms with Crippen LogP contribution < -0.4 is 11.5 Å². The Bertz CT molecular complexity index is 951. The minimum atomic E-state index is 0.0870. The van der Waals surface area contributed by atoms with Crippen molar-refractivity contribution in [3.8, 4) is 0 Å². The summed E-state index contributed by atoms with van der Waals surface area (Å²) in [7, 11) is 0. The van der Waals surface area contributed by atoms with Crippen molar-refractivity contribution in [1.82, 2.24) is 0 Å². The quantitative estimate of drug-likeness (QED) is 0.374. The van der Waals surface area contributed by atoms with Crippen LogP contribution in [0, 0.1) is 13.8 Å². The molecular weight excluding hydrogens is 388 g/mol. The second-order valence-electron chi connectivity index (χ2n) is 8.41. The predicted molar refractivity (Wildman–Crippen MR) is 137 cm³/mol. The number of hydrogen-bond acceptors (Lipinski definition) is 2. The highest BCUT2D eigenvalue weighted by Crippen LogP contribution is 2.17. The Kier molecular flexibility index (Phi) is 8.79. The Hall–Kier alpha value is -3.20. The zero-order valence-electron chi connectivity index (χ0n) is 19.1. The molecule has 4 aromatic rings. The van der Waals surface area contributed by atoms with Crippen molar-refractivity contribution in [2.24, 2.45) is 11.5 Å². The molecule has 2 atom stereocenters. The fraction of sp³-hybridized carbons (Fsp3) is 0.200. The van der Waals surface area contributed by atoms with Crippen molar-refractivity contribution in [2.45, 2.75) is 38.8 Å². The molecule has 0 fully saturated rings. The van der Waals surface area contributed by atoms with Crippen molar-refractivity contribution >= 4 is 0 Å². The molecular formula is C30H34N2. The van der Waals surface area contributed by atoms with E-state index in [2.05, 4.69) is 86.6 Å². The molecule has 0 spiro atoms. The zero-order valence-corrected chi connectivity index (χ0v) is 19.1. The minimum Gasteiger partial charge on any atom is -0.324 e. The van der Waals surface area contributed by atoms with Gasteiger partial charge in [-0.3, -0.25) is 0 Å². The lowest BCUT2D eigenvalue weighted by Gasteiger charge is -2.12. The van der Waals surface area contributed by atoms with E-state index in [1.54, 1.807) is 0 Å². The Morgan fingerprint density at radius 1 is 0.469 bits per heavy atom. The van der Waals surface area contributed by atoms with Gasteiger partial charge in [0.2, 0.25) is 0 Å². The highest BCUT2D eigenvalue weighted by atomic mass is 14.6. The van der Waals surface area contributed by atoms with E-state index in [9.17, 15) is 0 Å². The van der Waals surface area contributed by atoms with Gasteiger partial charge in [0.1, 0.15) is 0 Å². The van der Waals surface area contributed by atoms with Gasteiger partial charge < -0.3 is 11.5 Å². The average molecular weight is 423 g/mol. The van der Waals surface area contributed by atoms with Crippen molar-refractivity contribution in [3.05, 3.63) is 143 Å². The van der Waals surface area contributed by atoms with E-state index in [0.29, 0.717) is 0 Å². The maximum Gasteiger partial charge on any atom is 0.0335 e. The molecule has 1 unspecified atom stereocenters. The first kappa shape index (κ1) is 23.5. The number of hydrogen-bond donors (Lipinski definition) is 2. The van der Waals surface area contributed by atoms with Crippen LogP contribution >= 0.6 is 0 Å². The molecule has 164 valence electrons. The van der Waals surface area contributed by atoms with Crippen LogP contribution in [0.15, 0.2) is 109 Å². The van der Waals surface area contributed by atoms with E-state index in [1.165, 1.54) is 33.4 Å². The summed E-state index contributed by atoms with van der Waals surface area (Å²) in [4.78, 5) is 0. The third-order valence-corrected chi connectivity index (χ3v) is 5.61. The van der Waals surface area contributed by atoms with Gasteiger partial charge in [0.25, 0.3) is 0 Å². The molecule has 0 saturated heterocycles. The summed E-state index contributed by atoms with van der Waals surface area (Å²) in [5.74, 6) is 0. The SMILES string of the molecule is Cc1ccc(CC(N)c2ccccc2)cc1.Cc1ccc(C[C@H](N)c2ccccc2)cc1. The van der Waals surface area contributed by atoms with Gasteiger partial charge in [0.15, 0.2) is 0 Å². The van der Waals surface area contributed by atoms with E-state index in [-0.39, 0.29) is 12.1 Å². The highest BCUT2D eigenvalue weighted by molar-refractivity contribution is 5.27. The lowest BCUT2D eigenvalue weighted by atomic mass is 9.99. The first-order valence-electron chi connectivity index (χ1n) is 11.2. The fourth-order valence-electron chi connectivity index (χ4n) is 3.59. The molecule has 0 radical (unpaired) electrons. The molecule has 2 nitrogen and oxygen atoms in total. The largest absolute Gasteiger partial charge is 0.324 e. The second kappa shape index (κ2) is 12.0. The summed E-state index contributed by atoms with van der Waals surface area (Å²) >= 11 is 0. The van der Waals surface area contributed by atoms with E-state index >= 15 is 0 Å². The maximum absolute atomic E-state index is 6.17. The molecule has 0 heterocycles. The molecule has 0 bridgehead atoms. The van der Waals surface area contributed by atoms with Gasteiger partial charge in [0, 0.05) is 12.1 Å². The van der Waals surface area contributed by atoms with Gasteiger partial charge in [-0.2, -0.15) is 0 Å². The topological polar surface area (TPSA) is 52.0 Å². The van der Waals surface area contributed by atoms with Crippen LogP contribution in [0.25, 0.3) is 0 Å². The standard InChI is InChI=1S/2C15H17N/c2*1-12-7-9-13(10-8-12)11-15(16)14-5-3-2-4-6-14/h2*2-10,15H,11,16H2,1H3/t15-;/m0./s1. The summed E-state index contributed by atoms with van der Waals surface area (Å²) < 4.78 is 0. The van der Waals surface area contributed by atoms with Crippen molar-refractivity contribution in [1.29, 1.82) is 0 Å². The van der Waals surface area contributed by atoms with Crippen LogP contribution in [0.5, 0.6) is 0 Å². The molecule has 0 aliphatic rings. The molecule has 4 rings (SSSR count). The lowest BCUT2D eigenvalue weighted by molar-refractivity contribution is 0.722. The van der Waals surface area contributed by atoms with Crippen LogP contribution in [-0.4, -0.2) is 0 Å². The Morgan fingerprint density at radius 2 is 0.781 bits per heavy atom. The van der Waals surface area contributed by atoms with Gasteiger partial charge in [-0.1, -0.05) is 120 Å². The summed E-state index contributed by atoms with van der Waals surface area (Å²) in [6.45, 7) is 4.20. The van der Waals surface area contributed by atoms with Gasteiger partial charge in [0.05, 0.1) is 0 Å². The van der Waals surface area contributed by atoms with Gasteiger partial charge in [-0.05, 0) is 48.9 Å². The smallest absolute Gasteiger partial charge is 0.0335 e. The molecule has 0 saturated carbocycles. The molecule has 0 aliphatic carbocycles. The monoisotopic (exact) mass is 422 g/mol. The molecule has 4 N–H and O–H groups in total. The molecule has 0 aliphatic heterocycles. The third kappa shape index (κ3) is 7.49. The summed E-state index contributed by atoms with van der Waals surface area (Å²) in [6.07, 6.45) is 1.79. The van der Waals surface area contributed by atoms with Crippen molar-refractivity contribution in [3.63, 3.8) is 0 Å². The van der Waals surface area contributed by atoms with Crippen molar-refractivity contribution in [2.75, 3.05) is 0 Å². The number of aryl methyl sites for hydroxylation is 2. The molecule has 0 aromatic heterocycles. The molecule has 32 heavy (non-hydrogen) atoms. The Labute approximate surface area is 192 Å². The summed E-state index contributed by atoms with van der Waals surface area (Å²) in [5, 5.41) is 0. The van der Waals surface area contributed by atoms with Crippen LogP contribution in [0.4, 0.5) is 0 Å². The van der Waals surface area contributed by atoms with E-state index in [0.717, 1.165) is 12.8 Å². The number of benzene rings is 4. The van der Waals surface area contributed by atoms with Crippen LogP contribution in [0.1, 0.15) is 45.5 Å². The normalized spacial score (nSPS) is 12.4. The third-order valence-electron chi connectivity index (χ3n) is 5.61. The second-order valence-corrected chi connectivity index (χ2v) is 8.41. The average Bonchev–Trinajstić information content (AvgIpc) is 2.83. The first-order valence-corrected chi connectivity index (χ1v) is 11.2. The number of nitrogens with two attached hydrogens (primary N) is 2. The van der Waals surface area contributed by atoms with Crippen molar-refractivity contribution < 1.29 is 0 Å².